The number of hydrogen-bond acceptors (Lipinski definition) is 3. The van der Waals surface area contributed by atoms with Crippen molar-refractivity contribution in [3.8, 4) is 0 Å². The number of aliphatic carboxylic acids is 1. The number of benzene rings is 1. The molecule has 1 aliphatic rings. The van der Waals surface area contributed by atoms with Crippen molar-refractivity contribution in [2.75, 3.05) is 18.4 Å². The summed E-state index contributed by atoms with van der Waals surface area (Å²) in [5.74, 6) is -1.68. The standard InChI is InChI=1S/C16H20ClFN2O3/c1-2-14(16(22)23)20-7-5-10(6-8-20)15(21)19-11-3-4-13(18)12(17)9-11/h3-4,9-10,14H,2,5-8H2,1H3,(H,19,21)(H,22,23)/t14-/m0/s1. The maximum atomic E-state index is 13.1. The summed E-state index contributed by atoms with van der Waals surface area (Å²) in [5, 5.41) is 11.9. The smallest absolute Gasteiger partial charge is 0.320 e. The second kappa shape index (κ2) is 7.75. The number of piperidine rings is 1. The summed E-state index contributed by atoms with van der Waals surface area (Å²) >= 11 is 5.69. The molecule has 7 heteroatoms. The summed E-state index contributed by atoms with van der Waals surface area (Å²) in [5.41, 5.74) is 0.459. The van der Waals surface area contributed by atoms with E-state index in [1.165, 1.54) is 18.2 Å². The SMILES string of the molecule is CC[C@@H](C(=O)O)N1CCC(C(=O)Nc2ccc(F)c(Cl)c2)CC1. The van der Waals surface area contributed by atoms with Crippen molar-refractivity contribution >= 4 is 29.2 Å². The van der Waals surface area contributed by atoms with Crippen LogP contribution in [0.25, 0.3) is 0 Å². The Hall–Kier alpha value is -1.66. The highest BCUT2D eigenvalue weighted by Crippen LogP contribution is 2.24. The maximum absolute atomic E-state index is 13.1. The Kier molecular flexibility index (Phi) is 5.96. The van der Waals surface area contributed by atoms with Crippen LogP contribution in [0.1, 0.15) is 26.2 Å². The van der Waals surface area contributed by atoms with E-state index in [1.807, 2.05) is 11.8 Å². The van der Waals surface area contributed by atoms with E-state index in [0.29, 0.717) is 38.0 Å². The van der Waals surface area contributed by atoms with Crippen molar-refractivity contribution in [2.45, 2.75) is 32.2 Å². The zero-order chi connectivity index (χ0) is 17.0. The Labute approximate surface area is 139 Å². The molecule has 23 heavy (non-hydrogen) atoms. The van der Waals surface area contributed by atoms with E-state index in [-0.39, 0.29) is 16.8 Å². The Morgan fingerprint density at radius 3 is 2.61 bits per heavy atom. The van der Waals surface area contributed by atoms with Crippen molar-refractivity contribution in [1.82, 2.24) is 4.90 Å². The largest absolute Gasteiger partial charge is 0.480 e. The van der Waals surface area contributed by atoms with Crippen LogP contribution >= 0.6 is 11.6 Å². The molecule has 1 atom stereocenters. The zero-order valence-electron chi connectivity index (χ0n) is 12.9. The van der Waals surface area contributed by atoms with Crippen molar-refractivity contribution in [2.24, 2.45) is 5.92 Å². The van der Waals surface area contributed by atoms with Crippen molar-refractivity contribution in [3.05, 3.63) is 29.0 Å². The summed E-state index contributed by atoms with van der Waals surface area (Å²) in [4.78, 5) is 25.3. The Morgan fingerprint density at radius 2 is 2.09 bits per heavy atom. The molecule has 1 aromatic carbocycles. The summed E-state index contributed by atoms with van der Waals surface area (Å²) in [6.45, 7) is 3.00. The minimum absolute atomic E-state index is 0.0372. The molecule has 2 N–H and O–H groups in total. The third kappa shape index (κ3) is 4.42. The van der Waals surface area contributed by atoms with Crippen LogP contribution in [0.4, 0.5) is 10.1 Å². The van der Waals surface area contributed by atoms with Gasteiger partial charge in [0.05, 0.1) is 5.02 Å². The highest BCUT2D eigenvalue weighted by Gasteiger charge is 2.31. The van der Waals surface area contributed by atoms with E-state index in [1.54, 1.807) is 0 Å². The third-order valence-electron chi connectivity index (χ3n) is 4.20. The van der Waals surface area contributed by atoms with Gasteiger partial charge in [0.15, 0.2) is 0 Å². The molecule has 0 aromatic heterocycles. The number of hydrogen-bond donors (Lipinski definition) is 2. The summed E-state index contributed by atoms with van der Waals surface area (Å²) in [6.07, 6.45) is 1.75. The van der Waals surface area contributed by atoms with E-state index in [4.69, 9.17) is 11.6 Å². The van der Waals surface area contributed by atoms with Crippen LogP contribution in [0.3, 0.4) is 0 Å². The lowest BCUT2D eigenvalue weighted by Gasteiger charge is -2.34. The van der Waals surface area contributed by atoms with E-state index in [2.05, 4.69) is 5.32 Å². The number of carboxylic acids is 1. The van der Waals surface area contributed by atoms with Crippen molar-refractivity contribution < 1.29 is 19.1 Å². The highest BCUT2D eigenvalue weighted by atomic mass is 35.5. The monoisotopic (exact) mass is 342 g/mol. The number of rotatable bonds is 5. The first-order chi connectivity index (χ1) is 10.9. The lowest BCUT2D eigenvalue weighted by molar-refractivity contribution is -0.144. The molecular weight excluding hydrogens is 323 g/mol. The average molecular weight is 343 g/mol. The topological polar surface area (TPSA) is 69.6 Å². The fourth-order valence-electron chi connectivity index (χ4n) is 2.88. The molecule has 0 aliphatic carbocycles. The van der Waals surface area contributed by atoms with Gasteiger partial charge < -0.3 is 10.4 Å². The normalized spacial score (nSPS) is 17.7. The van der Waals surface area contributed by atoms with Gasteiger partial charge in [-0.25, -0.2) is 4.39 Å². The molecule has 0 unspecified atom stereocenters. The summed E-state index contributed by atoms with van der Waals surface area (Å²) in [7, 11) is 0. The van der Waals surface area contributed by atoms with Crippen molar-refractivity contribution in [1.29, 1.82) is 0 Å². The molecule has 1 fully saturated rings. The fraction of sp³-hybridized carbons (Fsp3) is 0.500. The van der Waals surface area contributed by atoms with Crippen LogP contribution in [0, 0.1) is 11.7 Å². The van der Waals surface area contributed by atoms with Gasteiger partial charge in [0, 0.05) is 11.6 Å². The first-order valence-electron chi connectivity index (χ1n) is 7.65. The van der Waals surface area contributed by atoms with Crippen molar-refractivity contribution in [3.63, 3.8) is 0 Å². The van der Waals surface area contributed by atoms with Crippen LogP contribution in [0.15, 0.2) is 18.2 Å². The lowest BCUT2D eigenvalue weighted by atomic mass is 9.94. The molecule has 0 spiro atoms. The third-order valence-corrected chi connectivity index (χ3v) is 4.49. The van der Waals surface area contributed by atoms with Gasteiger partial charge >= 0.3 is 5.97 Å². The predicted octanol–water partition coefficient (Wildman–Crippen LogP) is 2.99. The molecular formula is C16H20ClFN2O3. The van der Waals surface area contributed by atoms with Gasteiger partial charge in [-0.3, -0.25) is 14.5 Å². The number of halogens is 2. The molecule has 1 saturated heterocycles. The fourth-order valence-corrected chi connectivity index (χ4v) is 3.06. The maximum Gasteiger partial charge on any atom is 0.320 e. The number of carbonyl (C=O) groups excluding carboxylic acids is 1. The van der Waals surface area contributed by atoms with Crippen LogP contribution < -0.4 is 5.32 Å². The predicted molar refractivity (Wildman–Crippen MR) is 86.1 cm³/mol. The molecule has 0 bridgehead atoms. The van der Waals surface area contributed by atoms with Crippen LogP contribution in [-0.2, 0) is 9.59 Å². The van der Waals surface area contributed by atoms with E-state index in [0.717, 1.165) is 0 Å². The van der Waals surface area contributed by atoms with Gasteiger partial charge in [-0.2, -0.15) is 0 Å². The molecule has 126 valence electrons. The van der Waals surface area contributed by atoms with Crippen LogP contribution in [-0.4, -0.2) is 41.0 Å². The molecule has 0 saturated carbocycles. The van der Waals surface area contributed by atoms with Gasteiger partial charge in [-0.1, -0.05) is 18.5 Å². The summed E-state index contributed by atoms with van der Waals surface area (Å²) < 4.78 is 13.1. The van der Waals surface area contributed by atoms with Gasteiger partial charge in [-0.05, 0) is 50.6 Å². The molecule has 1 aromatic rings. The van der Waals surface area contributed by atoms with Gasteiger partial charge in [-0.15, -0.1) is 0 Å². The number of nitrogens with zero attached hydrogens (tertiary/aromatic N) is 1. The highest BCUT2D eigenvalue weighted by molar-refractivity contribution is 6.31. The Bertz CT molecular complexity index is 589. The Balaban J connectivity index is 1.90. The number of carboxylic acid groups (broad SMARTS) is 1. The molecule has 2 rings (SSSR count). The minimum Gasteiger partial charge on any atom is -0.480 e. The summed E-state index contributed by atoms with van der Waals surface area (Å²) in [6, 6.07) is 3.56. The van der Waals surface area contributed by atoms with Gasteiger partial charge in [0.25, 0.3) is 0 Å². The molecule has 0 radical (unpaired) electrons. The Morgan fingerprint density at radius 1 is 1.43 bits per heavy atom. The van der Waals surface area contributed by atoms with E-state index >= 15 is 0 Å². The molecule has 5 nitrogen and oxygen atoms in total. The number of amides is 1. The van der Waals surface area contributed by atoms with E-state index in [9.17, 15) is 19.1 Å². The number of carbonyl (C=O) groups is 2. The molecule has 1 amide bonds. The number of nitrogens with one attached hydrogen (secondary N) is 1. The lowest BCUT2D eigenvalue weighted by Crippen LogP contribution is -2.46. The molecule has 1 aliphatic heterocycles. The van der Waals surface area contributed by atoms with E-state index < -0.39 is 17.8 Å². The van der Waals surface area contributed by atoms with Crippen LogP contribution in [0.5, 0.6) is 0 Å². The zero-order valence-corrected chi connectivity index (χ0v) is 13.6. The minimum atomic E-state index is -0.823. The number of anilines is 1. The second-order valence-electron chi connectivity index (χ2n) is 5.69. The first kappa shape index (κ1) is 17.7. The molecule has 1 heterocycles. The van der Waals surface area contributed by atoms with Gasteiger partial charge in [0.2, 0.25) is 5.91 Å². The van der Waals surface area contributed by atoms with Crippen LogP contribution in [0.2, 0.25) is 5.02 Å². The first-order valence-corrected chi connectivity index (χ1v) is 8.03. The van der Waals surface area contributed by atoms with Gasteiger partial charge in [0.1, 0.15) is 11.9 Å². The average Bonchev–Trinajstić information content (AvgIpc) is 2.52. The number of likely N-dealkylation sites (tertiary alicyclic amines) is 1. The quantitative estimate of drug-likeness (QED) is 0.863. The second-order valence-corrected chi connectivity index (χ2v) is 6.10.